The lowest BCUT2D eigenvalue weighted by atomic mass is 9.89. The maximum absolute atomic E-state index is 12.3. The van der Waals surface area contributed by atoms with Crippen LogP contribution in [0.1, 0.15) is 24.8 Å². The monoisotopic (exact) mass is 304 g/mol. The Bertz CT molecular complexity index is 543. The SMILES string of the molecule is COc1ccccc1/C=C1\C(=O)CCCC1O[Si](C)(C)C. The summed E-state index contributed by atoms with van der Waals surface area (Å²) in [7, 11) is -0.0305. The summed E-state index contributed by atoms with van der Waals surface area (Å²) in [5, 5.41) is 0. The highest BCUT2D eigenvalue weighted by atomic mass is 28.4. The zero-order valence-corrected chi connectivity index (χ0v) is 14.3. The van der Waals surface area contributed by atoms with E-state index in [0.29, 0.717) is 6.42 Å². The van der Waals surface area contributed by atoms with Gasteiger partial charge in [0.2, 0.25) is 0 Å². The number of hydrogen-bond acceptors (Lipinski definition) is 3. The van der Waals surface area contributed by atoms with Crippen molar-refractivity contribution >= 4 is 20.2 Å². The van der Waals surface area contributed by atoms with E-state index in [0.717, 1.165) is 29.7 Å². The fraction of sp³-hybridized carbons (Fsp3) is 0.471. The summed E-state index contributed by atoms with van der Waals surface area (Å²) < 4.78 is 11.6. The quantitative estimate of drug-likeness (QED) is 0.622. The number of carbonyl (C=O) groups excluding carboxylic acids is 1. The van der Waals surface area contributed by atoms with Crippen molar-refractivity contribution in [2.24, 2.45) is 0 Å². The van der Waals surface area contributed by atoms with Crippen molar-refractivity contribution in [1.29, 1.82) is 0 Å². The Morgan fingerprint density at radius 2 is 1.95 bits per heavy atom. The van der Waals surface area contributed by atoms with Gasteiger partial charge in [0.1, 0.15) is 5.75 Å². The van der Waals surface area contributed by atoms with Gasteiger partial charge in [-0.05, 0) is 44.6 Å². The molecular weight excluding hydrogens is 280 g/mol. The van der Waals surface area contributed by atoms with E-state index in [1.54, 1.807) is 7.11 Å². The molecule has 0 amide bonds. The van der Waals surface area contributed by atoms with Gasteiger partial charge in [0.05, 0.1) is 13.2 Å². The van der Waals surface area contributed by atoms with Crippen molar-refractivity contribution in [1.82, 2.24) is 0 Å². The van der Waals surface area contributed by atoms with E-state index in [-0.39, 0.29) is 11.9 Å². The van der Waals surface area contributed by atoms with E-state index in [2.05, 4.69) is 19.6 Å². The summed E-state index contributed by atoms with van der Waals surface area (Å²) in [5.74, 6) is 0.991. The number of ether oxygens (including phenoxy) is 1. The number of hydrogen-bond donors (Lipinski definition) is 0. The third kappa shape index (κ3) is 4.28. The minimum absolute atomic E-state index is 0.0668. The Balaban J connectivity index is 2.35. The maximum Gasteiger partial charge on any atom is 0.184 e. The van der Waals surface area contributed by atoms with E-state index < -0.39 is 8.32 Å². The second-order valence-electron chi connectivity index (χ2n) is 6.38. The minimum atomic E-state index is -1.68. The molecule has 1 saturated carbocycles. The fourth-order valence-corrected chi connectivity index (χ4v) is 3.70. The lowest BCUT2D eigenvalue weighted by molar-refractivity contribution is -0.117. The van der Waals surface area contributed by atoms with Gasteiger partial charge in [-0.15, -0.1) is 0 Å². The first-order valence-corrected chi connectivity index (χ1v) is 10.9. The average molecular weight is 304 g/mol. The Morgan fingerprint density at radius 1 is 1.24 bits per heavy atom. The molecule has 2 rings (SSSR count). The zero-order chi connectivity index (χ0) is 15.5. The third-order valence-corrected chi connectivity index (χ3v) is 4.48. The summed E-state index contributed by atoms with van der Waals surface area (Å²) in [6, 6.07) is 7.77. The van der Waals surface area contributed by atoms with Crippen LogP contribution < -0.4 is 4.74 Å². The van der Waals surface area contributed by atoms with Gasteiger partial charge < -0.3 is 9.16 Å². The molecule has 0 bridgehead atoms. The van der Waals surface area contributed by atoms with Crippen molar-refractivity contribution in [2.45, 2.75) is 45.0 Å². The van der Waals surface area contributed by atoms with Crippen molar-refractivity contribution < 1.29 is 14.0 Å². The number of Topliss-reactive ketones (excluding diaryl/α,β-unsaturated/α-hetero) is 1. The van der Waals surface area contributed by atoms with E-state index in [9.17, 15) is 4.79 Å². The van der Waals surface area contributed by atoms with Gasteiger partial charge in [-0.1, -0.05) is 18.2 Å². The summed E-state index contributed by atoms with van der Waals surface area (Å²) in [5.41, 5.74) is 1.74. The van der Waals surface area contributed by atoms with E-state index in [4.69, 9.17) is 9.16 Å². The number of para-hydroxylation sites is 1. The topological polar surface area (TPSA) is 35.5 Å². The normalized spacial score (nSPS) is 21.6. The van der Waals surface area contributed by atoms with Crippen LogP contribution in [0.25, 0.3) is 6.08 Å². The molecule has 0 saturated heterocycles. The van der Waals surface area contributed by atoms with Crippen LogP contribution in [-0.2, 0) is 9.22 Å². The van der Waals surface area contributed by atoms with Crippen LogP contribution in [0, 0.1) is 0 Å². The lowest BCUT2D eigenvalue weighted by Gasteiger charge is -2.31. The lowest BCUT2D eigenvalue weighted by Crippen LogP contribution is -2.36. The molecule has 0 aliphatic heterocycles. The molecule has 0 aromatic heterocycles. The van der Waals surface area contributed by atoms with E-state index in [1.807, 2.05) is 30.3 Å². The number of methoxy groups -OCH3 is 1. The fourth-order valence-electron chi connectivity index (χ4n) is 2.60. The first kappa shape index (κ1) is 16.0. The summed E-state index contributed by atoms with van der Waals surface area (Å²) in [6.07, 6.45) is 4.34. The molecule has 0 heterocycles. The van der Waals surface area contributed by atoms with Crippen LogP contribution in [0.5, 0.6) is 5.75 Å². The summed E-state index contributed by atoms with van der Waals surface area (Å²) in [6.45, 7) is 6.48. The molecule has 1 unspecified atom stereocenters. The molecule has 1 fully saturated rings. The van der Waals surface area contributed by atoms with Crippen LogP contribution in [0.2, 0.25) is 19.6 Å². The molecule has 1 aromatic rings. The van der Waals surface area contributed by atoms with Gasteiger partial charge in [-0.2, -0.15) is 0 Å². The molecule has 21 heavy (non-hydrogen) atoms. The first-order valence-electron chi connectivity index (χ1n) is 7.46. The third-order valence-electron chi connectivity index (χ3n) is 3.48. The highest BCUT2D eigenvalue weighted by Crippen LogP contribution is 2.30. The first-order chi connectivity index (χ1) is 9.90. The Hall–Kier alpha value is -1.39. The zero-order valence-electron chi connectivity index (χ0n) is 13.3. The molecule has 3 nitrogen and oxygen atoms in total. The van der Waals surface area contributed by atoms with Crippen LogP contribution in [0.4, 0.5) is 0 Å². The van der Waals surface area contributed by atoms with Gasteiger partial charge in [0.25, 0.3) is 0 Å². The second kappa shape index (κ2) is 6.58. The van der Waals surface area contributed by atoms with Gasteiger partial charge in [-0.3, -0.25) is 4.79 Å². The molecule has 1 aliphatic rings. The van der Waals surface area contributed by atoms with Crippen LogP contribution in [-0.4, -0.2) is 27.3 Å². The predicted octanol–water partition coefficient (Wildman–Crippen LogP) is 4.05. The number of ketones is 1. The van der Waals surface area contributed by atoms with E-state index >= 15 is 0 Å². The molecular formula is C17H24O3Si. The molecule has 0 spiro atoms. The largest absolute Gasteiger partial charge is 0.496 e. The number of carbonyl (C=O) groups is 1. The molecule has 114 valence electrons. The highest BCUT2D eigenvalue weighted by molar-refractivity contribution is 6.69. The van der Waals surface area contributed by atoms with Crippen LogP contribution in [0.3, 0.4) is 0 Å². The van der Waals surface area contributed by atoms with Crippen molar-refractivity contribution in [3.05, 3.63) is 35.4 Å². The maximum atomic E-state index is 12.3. The van der Waals surface area contributed by atoms with E-state index in [1.165, 1.54) is 0 Å². The Kier molecular flexibility index (Phi) is 5.01. The molecule has 1 atom stereocenters. The van der Waals surface area contributed by atoms with Crippen molar-refractivity contribution in [2.75, 3.05) is 7.11 Å². The molecule has 1 aromatic carbocycles. The molecule has 0 N–H and O–H groups in total. The van der Waals surface area contributed by atoms with Crippen molar-refractivity contribution in [3.63, 3.8) is 0 Å². The molecule has 0 radical (unpaired) electrons. The Labute approximate surface area is 128 Å². The average Bonchev–Trinajstić information content (AvgIpc) is 2.41. The summed E-state index contributed by atoms with van der Waals surface area (Å²) in [4.78, 5) is 12.3. The Morgan fingerprint density at radius 3 is 2.62 bits per heavy atom. The second-order valence-corrected chi connectivity index (χ2v) is 10.8. The van der Waals surface area contributed by atoms with Gasteiger partial charge in [0, 0.05) is 17.6 Å². The molecule has 4 heteroatoms. The van der Waals surface area contributed by atoms with Crippen LogP contribution >= 0.6 is 0 Å². The minimum Gasteiger partial charge on any atom is -0.496 e. The van der Waals surface area contributed by atoms with Crippen molar-refractivity contribution in [3.8, 4) is 5.75 Å². The highest BCUT2D eigenvalue weighted by Gasteiger charge is 2.30. The standard InChI is InChI=1S/C17H24O3Si/c1-19-16-10-6-5-8-13(16)12-14-15(18)9-7-11-17(14)20-21(2,3)4/h5-6,8,10,12,17H,7,9,11H2,1-4H3/b14-12+. The number of rotatable bonds is 4. The van der Waals surface area contributed by atoms with Gasteiger partial charge in [0.15, 0.2) is 14.1 Å². The number of benzene rings is 1. The molecule has 1 aliphatic carbocycles. The summed E-state index contributed by atoms with van der Waals surface area (Å²) >= 11 is 0. The van der Waals surface area contributed by atoms with Gasteiger partial charge in [-0.25, -0.2) is 0 Å². The van der Waals surface area contributed by atoms with Crippen LogP contribution in [0.15, 0.2) is 29.8 Å². The predicted molar refractivity (Wildman–Crippen MR) is 88.0 cm³/mol. The van der Waals surface area contributed by atoms with Gasteiger partial charge >= 0.3 is 0 Å². The smallest absolute Gasteiger partial charge is 0.184 e.